The van der Waals surface area contributed by atoms with Gasteiger partial charge in [0.25, 0.3) is 15.7 Å². The quantitative estimate of drug-likeness (QED) is 0.661. The van der Waals surface area contributed by atoms with Crippen molar-refractivity contribution < 1.29 is 13.3 Å². The maximum atomic E-state index is 12.1. The smallest absolute Gasteiger partial charge is 0.258 e. The van der Waals surface area contributed by atoms with E-state index in [-0.39, 0.29) is 20.9 Å². The Bertz CT molecular complexity index is 771. The monoisotopic (exact) mass is 347 g/mol. The first-order valence-corrected chi connectivity index (χ1v) is 8.33. The highest BCUT2D eigenvalue weighted by Crippen LogP contribution is 2.26. The average molecular weight is 348 g/mol. The van der Waals surface area contributed by atoms with Crippen molar-refractivity contribution in [2.24, 2.45) is 0 Å². The minimum absolute atomic E-state index is 0.0231. The number of sulfonamides is 1. The number of nitrogens with zero attached hydrogens (tertiary/aromatic N) is 2. The second-order valence-electron chi connectivity index (χ2n) is 4.09. The summed E-state index contributed by atoms with van der Waals surface area (Å²) in [4.78, 5) is 13.9. The molecule has 0 unspecified atom stereocenters. The molecule has 0 spiro atoms. The number of thiazole rings is 1. The van der Waals surface area contributed by atoms with E-state index >= 15 is 0 Å². The van der Waals surface area contributed by atoms with Crippen LogP contribution in [0.15, 0.2) is 28.5 Å². The first kappa shape index (κ1) is 15.8. The number of aromatic nitrogens is 1. The summed E-state index contributed by atoms with van der Waals surface area (Å²) < 4.78 is 26.8. The largest absolute Gasteiger partial charge is 0.269 e. The van der Waals surface area contributed by atoms with Gasteiger partial charge < -0.3 is 0 Å². The molecule has 0 bridgehead atoms. The van der Waals surface area contributed by atoms with Gasteiger partial charge in [-0.2, -0.15) is 0 Å². The van der Waals surface area contributed by atoms with E-state index in [9.17, 15) is 18.5 Å². The van der Waals surface area contributed by atoms with Gasteiger partial charge in [0.15, 0.2) is 8.68 Å². The van der Waals surface area contributed by atoms with Crippen molar-refractivity contribution in [2.75, 3.05) is 0 Å². The Kier molecular flexibility index (Phi) is 4.57. The number of nitrogens with one attached hydrogen (secondary N) is 1. The minimum Gasteiger partial charge on any atom is -0.258 e. The Morgan fingerprint density at radius 1 is 1.38 bits per heavy atom. The van der Waals surface area contributed by atoms with E-state index in [0.29, 0.717) is 11.3 Å². The van der Waals surface area contributed by atoms with E-state index in [4.69, 9.17) is 11.6 Å². The van der Waals surface area contributed by atoms with Crippen LogP contribution in [-0.4, -0.2) is 18.3 Å². The molecule has 0 aliphatic rings. The van der Waals surface area contributed by atoms with E-state index in [1.54, 1.807) is 6.92 Å². The normalized spacial score (nSPS) is 11.5. The number of benzene rings is 1. The highest BCUT2D eigenvalue weighted by Gasteiger charge is 2.21. The number of non-ortho nitro benzene ring substituents is 1. The molecule has 0 aliphatic carbocycles. The fourth-order valence-corrected chi connectivity index (χ4v) is 4.38. The van der Waals surface area contributed by atoms with Crippen LogP contribution in [0, 0.1) is 17.0 Å². The summed E-state index contributed by atoms with van der Waals surface area (Å²) in [7, 11) is -3.71. The van der Waals surface area contributed by atoms with E-state index in [0.717, 1.165) is 11.3 Å². The lowest BCUT2D eigenvalue weighted by Gasteiger charge is -2.05. The van der Waals surface area contributed by atoms with E-state index in [1.165, 1.54) is 24.3 Å². The molecule has 0 fully saturated rings. The summed E-state index contributed by atoms with van der Waals surface area (Å²) in [6.07, 6.45) is 0. The van der Waals surface area contributed by atoms with Crippen molar-refractivity contribution in [3.8, 4) is 0 Å². The first-order valence-electron chi connectivity index (χ1n) is 5.65. The molecule has 2 aromatic rings. The first-order chi connectivity index (χ1) is 9.79. The van der Waals surface area contributed by atoms with Gasteiger partial charge in [0.2, 0.25) is 0 Å². The lowest BCUT2D eigenvalue weighted by atomic mass is 10.2. The molecule has 0 radical (unpaired) electrons. The van der Waals surface area contributed by atoms with Crippen molar-refractivity contribution in [1.82, 2.24) is 9.71 Å². The van der Waals surface area contributed by atoms with Crippen LogP contribution in [0.1, 0.15) is 11.3 Å². The maximum Gasteiger partial charge on any atom is 0.269 e. The van der Waals surface area contributed by atoms with E-state index in [2.05, 4.69) is 9.71 Å². The molecule has 10 heteroatoms. The minimum atomic E-state index is -3.71. The van der Waals surface area contributed by atoms with Crippen LogP contribution in [0.4, 0.5) is 5.69 Å². The van der Waals surface area contributed by atoms with Gasteiger partial charge >= 0.3 is 0 Å². The van der Waals surface area contributed by atoms with Crippen molar-refractivity contribution in [1.29, 1.82) is 0 Å². The van der Waals surface area contributed by atoms with Gasteiger partial charge in [-0.1, -0.05) is 35.1 Å². The SMILES string of the molecule is Cc1nc(Cl)sc1S(=O)(=O)NCc1ccc([N+](=O)[O-])cc1. The third-order valence-corrected chi connectivity index (χ3v) is 5.86. The summed E-state index contributed by atoms with van der Waals surface area (Å²) >= 11 is 6.56. The molecular formula is C11H10ClN3O4S2. The van der Waals surface area contributed by atoms with Crippen LogP contribution in [0.3, 0.4) is 0 Å². The summed E-state index contributed by atoms with van der Waals surface area (Å²) in [5.74, 6) is 0. The molecule has 0 amide bonds. The van der Waals surface area contributed by atoms with Crippen molar-refractivity contribution >= 4 is 38.6 Å². The van der Waals surface area contributed by atoms with E-state index in [1.807, 2.05) is 0 Å². The Balaban J connectivity index is 2.11. The Hall–Kier alpha value is -1.55. The second kappa shape index (κ2) is 6.06. The van der Waals surface area contributed by atoms with Gasteiger partial charge in [-0.25, -0.2) is 18.1 Å². The van der Waals surface area contributed by atoms with Crippen LogP contribution in [0.25, 0.3) is 0 Å². The molecule has 1 heterocycles. The molecule has 2 rings (SSSR count). The molecule has 0 atom stereocenters. The Morgan fingerprint density at radius 2 is 2.00 bits per heavy atom. The van der Waals surface area contributed by atoms with Gasteiger partial charge in [0.1, 0.15) is 0 Å². The van der Waals surface area contributed by atoms with Crippen molar-refractivity contribution in [3.63, 3.8) is 0 Å². The predicted molar refractivity (Wildman–Crippen MR) is 79.0 cm³/mol. The number of nitro groups is 1. The van der Waals surface area contributed by atoms with Crippen LogP contribution >= 0.6 is 22.9 Å². The fourth-order valence-electron chi connectivity index (χ4n) is 1.58. The molecule has 21 heavy (non-hydrogen) atoms. The lowest BCUT2D eigenvalue weighted by molar-refractivity contribution is -0.384. The third-order valence-electron chi connectivity index (χ3n) is 2.59. The van der Waals surface area contributed by atoms with Gasteiger partial charge in [0, 0.05) is 18.7 Å². The maximum absolute atomic E-state index is 12.1. The number of aryl methyl sites for hydroxylation is 1. The summed E-state index contributed by atoms with van der Waals surface area (Å²) in [6.45, 7) is 1.58. The van der Waals surface area contributed by atoms with Crippen LogP contribution in [0.2, 0.25) is 4.47 Å². The van der Waals surface area contributed by atoms with Crippen molar-refractivity contribution in [3.05, 3.63) is 50.1 Å². The number of rotatable bonds is 5. The lowest BCUT2D eigenvalue weighted by Crippen LogP contribution is -2.23. The molecule has 7 nitrogen and oxygen atoms in total. The van der Waals surface area contributed by atoms with Gasteiger partial charge in [-0.05, 0) is 12.5 Å². The number of hydrogen-bond acceptors (Lipinski definition) is 6. The molecule has 0 saturated carbocycles. The highest BCUT2D eigenvalue weighted by atomic mass is 35.5. The van der Waals surface area contributed by atoms with Crippen LogP contribution in [-0.2, 0) is 16.6 Å². The third kappa shape index (κ3) is 3.76. The van der Waals surface area contributed by atoms with Crippen LogP contribution in [0.5, 0.6) is 0 Å². The zero-order chi connectivity index (χ0) is 15.6. The Labute approximate surface area is 129 Å². The van der Waals surface area contributed by atoms with E-state index < -0.39 is 14.9 Å². The molecule has 1 aromatic carbocycles. The highest BCUT2D eigenvalue weighted by molar-refractivity contribution is 7.91. The average Bonchev–Trinajstić information content (AvgIpc) is 2.77. The number of nitro benzene ring substituents is 1. The molecule has 0 aliphatic heterocycles. The zero-order valence-electron chi connectivity index (χ0n) is 10.7. The standard InChI is InChI=1S/C11H10ClN3O4S2/c1-7-10(20-11(12)14-7)21(18,19)13-6-8-2-4-9(5-3-8)15(16)17/h2-5,13H,6H2,1H3. The molecule has 1 aromatic heterocycles. The molecule has 0 saturated heterocycles. The van der Waals surface area contributed by atoms with Crippen LogP contribution < -0.4 is 4.72 Å². The summed E-state index contributed by atoms with van der Waals surface area (Å²) in [5.41, 5.74) is 0.894. The number of hydrogen-bond donors (Lipinski definition) is 1. The van der Waals surface area contributed by atoms with Crippen molar-refractivity contribution in [2.45, 2.75) is 17.7 Å². The van der Waals surface area contributed by atoms with Gasteiger partial charge in [0.05, 0.1) is 10.6 Å². The molecule has 1 N–H and O–H groups in total. The fraction of sp³-hybridized carbons (Fsp3) is 0.182. The summed E-state index contributed by atoms with van der Waals surface area (Å²) in [6, 6.07) is 5.62. The van der Waals surface area contributed by atoms with Gasteiger partial charge in [-0.15, -0.1) is 0 Å². The number of halogens is 1. The van der Waals surface area contributed by atoms with Gasteiger partial charge in [-0.3, -0.25) is 10.1 Å². The predicted octanol–water partition coefficient (Wildman–Crippen LogP) is 2.49. The zero-order valence-corrected chi connectivity index (χ0v) is 13.1. The topological polar surface area (TPSA) is 102 Å². The Morgan fingerprint density at radius 3 is 2.48 bits per heavy atom. The molecular weight excluding hydrogens is 338 g/mol. The second-order valence-corrected chi connectivity index (χ2v) is 7.63. The molecule has 112 valence electrons. The summed E-state index contributed by atoms with van der Waals surface area (Å²) in [5, 5.41) is 10.5.